The Morgan fingerprint density at radius 1 is 1.33 bits per heavy atom. The Morgan fingerprint density at radius 3 is 2.39 bits per heavy atom. The standard InChI is InChI=1S/C12H14F3NOS/c1-12(2,3)18(17)16-7-9-5-4-8(11(14)15)6-10(9)13/h4-7,11H,1-3H3/t18-/m1/s1. The molecule has 0 radical (unpaired) electrons. The average molecular weight is 277 g/mol. The van der Waals surface area contributed by atoms with Crippen LogP contribution in [0.1, 0.15) is 38.3 Å². The molecule has 6 heteroatoms. The summed E-state index contributed by atoms with van der Waals surface area (Å²) in [6.45, 7) is 5.20. The number of benzene rings is 1. The van der Waals surface area contributed by atoms with Gasteiger partial charge in [-0.05, 0) is 32.9 Å². The molecular weight excluding hydrogens is 263 g/mol. The van der Waals surface area contributed by atoms with E-state index >= 15 is 0 Å². The molecule has 2 nitrogen and oxygen atoms in total. The Bertz CT molecular complexity index is 443. The molecule has 100 valence electrons. The lowest BCUT2D eigenvalue weighted by Crippen LogP contribution is -2.25. The summed E-state index contributed by atoms with van der Waals surface area (Å²) in [4.78, 5) is 0. The Morgan fingerprint density at radius 2 is 1.94 bits per heavy atom. The molecule has 0 spiro atoms. The van der Waals surface area contributed by atoms with Crippen molar-refractivity contribution in [3.05, 3.63) is 35.1 Å². The molecule has 0 aromatic heterocycles. The van der Waals surface area contributed by atoms with Gasteiger partial charge in [0.15, 0.2) is 0 Å². The molecule has 1 atom stereocenters. The van der Waals surface area contributed by atoms with Crippen molar-refractivity contribution in [3.8, 4) is 0 Å². The monoisotopic (exact) mass is 277 g/mol. The highest BCUT2D eigenvalue weighted by atomic mass is 32.2. The van der Waals surface area contributed by atoms with Gasteiger partial charge >= 0.3 is 0 Å². The number of alkyl halides is 2. The van der Waals surface area contributed by atoms with Crippen molar-refractivity contribution in [3.63, 3.8) is 0 Å². The van der Waals surface area contributed by atoms with Crippen LogP contribution in [-0.2, 0) is 11.4 Å². The van der Waals surface area contributed by atoms with Crippen LogP contribution >= 0.6 is 0 Å². The zero-order valence-electron chi connectivity index (χ0n) is 10.3. The molecule has 0 N–H and O–H groups in total. The van der Waals surface area contributed by atoms with Crippen molar-refractivity contribution in [1.82, 2.24) is 0 Å². The van der Waals surface area contributed by atoms with E-state index in [0.29, 0.717) is 0 Å². The first-order chi connectivity index (χ1) is 8.21. The Balaban J connectivity index is 2.89. The summed E-state index contributed by atoms with van der Waals surface area (Å²) in [5, 5.41) is 0. The van der Waals surface area contributed by atoms with E-state index in [1.807, 2.05) is 0 Å². The molecule has 0 saturated carbocycles. The summed E-state index contributed by atoms with van der Waals surface area (Å²) in [5.41, 5.74) is -0.349. The van der Waals surface area contributed by atoms with E-state index in [9.17, 15) is 17.7 Å². The number of hydrogen-bond donors (Lipinski definition) is 0. The summed E-state index contributed by atoms with van der Waals surface area (Å²) >= 11 is -1.51. The number of halogens is 3. The summed E-state index contributed by atoms with van der Waals surface area (Å²) in [6, 6.07) is 3.07. The summed E-state index contributed by atoms with van der Waals surface area (Å²) in [7, 11) is 0. The molecule has 1 aromatic carbocycles. The van der Waals surface area contributed by atoms with Gasteiger partial charge in [-0.3, -0.25) is 0 Å². The zero-order valence-corrected chi connectivity index (χ0v) is 11.1. The van der Waals surface area contributed by atoms with E-state index in [1.54, 1.807) is 20.8 Å². The molecule has 18 heavy (non-hydrogen) atoms. The van der Waals surface area contributed by atoms with Gasteiger partial charge in [0.25, 0.3) is 6.43 Å². The maximum Gasteiger partial charge on any atom is 0.263 e. The van der Waals surface area contributed by atoms with Gasteiger partial charge in [0.05, 0.1) is 6.21 Å². The van der Waals surface area contributed by atoms with Crippen LogP contribution in [0.3, 0.4) is 0 Å². The topological polar surface area (TPSA) is 35.4 Å². The third kappa shape index (κ3) is 4.03. The third-order valence-corrected chi connectivity index (χ3v) is 3.43. The van der Waals surface area contributed by atoms with Crippen LogP contribution in [0.15, 0.2) is 22.6 Å². The molecule has 1 rings (SSSR count). The van der Waals surface area contributed by atoms with Crippen LogP contribution in [0.2, 0.25) is 0 Å². The molecule has 0 unspecified atom stereocenters. The molecular formula is C12H14F3NOS. The van der Waals surface area contributed by atoms with Gasteiger partial charge in [-0.1, -0.05) is 10.5 Å². The minimum atomic E-state index is -2.71. The van der Waals surface area contributed by atoms with Gasteiger partial charge in [-0.15, -0.1) is 0 Å². The zero-order chi connectivity index (χ0) is 13.9. The van der Waals surface area contributed by atoms with Gasteiger partial charge in [0.2, 0.25) is 0 Å². The second kappa shape index (κ2) is 5.75. The van der Waals surface area contributed by atoms with Crippen molar-refractivity contribution >= 4 is 17.6 Å². The highest BCUT2D eigenvalue weighted by Crippen LogP contribution is 2.21. The van der Waals surface area contributed by atoms with Gasteiger partial charge in [-0.25, -0.2) is 13.2 Å². The fraction of sp³-hybridized carbons (Fsp3) is 0.417. The SMILES string of the molecule is CC(C)(C)[S@@+]([O-])N=Cc1ccc(C(F)F)cc1F. The Labute approximate surface area is 107 Å². The fourth-order valence-electron chi connectivity index (χ4n) is 1.05. The molecule has 1 aromatic rings. The maximum absolute atomic E-state index is 13.4. The maximum atomic E-state index is 13.4. The second-order valence-corrected chi connectivity index (χ2v) is 6.61. The molecule has 0 aliphatic carbocycles. The molecule has 0 fully saturated rings. The molecule has 0 aliphatic rings. The van der Waals surface area contributed by atoms with Crippen molar-refractivity contribution in [2.24, 2.45) is 4.40 Å². The van der Waals surface area contributed by atoms with E-state index in [4.69, 9.17) is 0 Å². The summed E-state index contributed by atoms with van der Waals surface area (Å²) in [5.74, 6) is -0.803. The van der Waals surface area contributed by atoms with E-state index in [2.05, 4.69) is 4.40 Å². The van der Waals surface area contributed by atoms with Crippen LogP contribution in [0.5, 0.6) is 0 Å². The predicted molar refractivity (Wildman–Crippen MR) is 66.8 cm³/mol. The largest absolute Gasteiger partial charge is 0.591 e. The smallest absolute Gasteiger partial charge is 0.263 e. The van der Waals surface area contributed by atoms with Crippen molar-refractivity contribution in [2.45, 2.75) is 31.9 Å². The first-order valence-corrected chi connectivity index (χ1v) is 6.36. The van der Waals surface area contributed by atoms with E-state index in [1.165, 1.54) is 6.07 Å². The fourth-order valence-corrected chi connectivity index (χ4v) is 1.57. The Kier molecular flexibility index (Phi) is 4.81. The molecule has 0 heterocycles. The summed E-state index contributed by atoms with van der Waals surface area (Å²) in [6.07, 6.45) is -1.61. The highest BCUT2D eigenvalue weighted by Gasteiger charge is 2.25. The van der Waals surface area contributed by atoms with Crippen molar-refractivity contribution in [2.75, 3.05) is 0 Å². The molecule has 0 saturated heterocycles. The van der Waals surface area contributed by atoms with E-state index in [-0.39, 0.29) is 11.1 Å². The third-order valence-electron chi connectivity index (χ3n) is 2.09. The number of nitrogens with zero attached hydrogens (tertiary/aromatic N) is 1. The Hall–Kier alpha value is -1.01. The van der Waals surface area contributed by atoms with Crippen molar-refractivity contribution < 1.29 is 17.7 Å². The normalized spacial score (nSPS) is 14.4. The minimum Gasteiger partial charge on any atom is -0.591 e. The first-order valence-electron chi connectivity index (χ1n) is 5.25. The van der Waals surface area contributed by atoms with Crippen LogP contribution in [0.25, 0.3) is 0 Å². The van der Waals surface area contributed by atoms with Crippen LogP contribution < -0.4 is 0 Å². The molecule has 0 bridgehead atoms. The summed E-state index contributed by atoms with van der Waals surface area (Å²) < 4.78 is 52.8. The molecule has 0 amide bonds. The van der Waals surface area contributed by atoms with Crippen molar-refractivity contribution in [1.29, 1.82) is 0 Å². The van der Waals surface area contributed by atoms with Crippen LogP contribution in [0, 0.1) is 5.82 Å². The second-order valence-electron chi connectivity index (χ2n) is 4.68. The lowest BCUT2D eigenvalue weighted by molar-refractivity contribution is 0.151. The van der Waals surface area contributed by atoms with E-state index < -0.39 is 28.4 Å². The highest BCUT2D eigenvalue weighted by molar-refractivity contribution is 7.91. The van der Waals surface area contributed by atoms with Gasteiger partial charge < -0.3 is 4.55 Å². The van der Waals surface area contributed by atoms with Crippen LogP contribution in [-0.4, -0.2) is 15.5 Å². The number of rotatable bonds is 3. The lowest BCUT2D eigenvalue weighted by Gasteiger charge is -2.17. The van der Waals surface area contributed by atoms with Crippen LogP contribution in [0.4, 0.5) is 13.2 Å². The van der Waals surface area contributed by atoms with E-state index in [0.717, 1.165) is 18.3 Å². The lowest BCUT2D eigenvalue weighted by atomic mass is 10.1. The van der Waals surface area contributed by atoms with Gasteiger partial charge in [0.1, 0.15) is 21.9 Å². The van der Waals surface area contributed by atoms with Gasteiger partial charge in [-0.2, -0.15) is 0 Å². The van der Waals surface area contributed by atoms with Gasteiger partial charge in [0, 0.05) is 11.1 Å². The quantitative estimate of drug-likeness (QED) is 0.613. The predicted octanol–water partition coefficient (Wildman–Crippen LogP) is 3.64. The number of hydrogen-bond acceptors (Lipinski definition) is 2. The minimum absolute atomic E-state index is 0.0389. The average Bonchev–Trinajstić information content (AvgIpc) is 2.25. The first kappa shape index (κ1) is 15.0. The molecule has 0 aliphatic heterocycles.